The number of morpholine rings is 1. The second-order valence-electron chi connectivity index (χ2n) is 5.38. The van der Waals surface area contributed by atoms with Gasteiger partial charge < -0.3 is 9.64 Å². The van der Waals surface area contributed by atoms with Crippen LogP contribution in [0.25, 0.3) is 6.08 Å². The van der Waals surface area contributed by atoms with Crippen LogP contribution >= 0.6 is 11.8 Å². The van der Waals surface area contributed by atoms with Gasteiger partial charge in [-0.15, -0.1) is 0 Å². The quantitative estimate of drug-likeness (QED) is 0.748. The minimum absolute atomic E-state index is 0.148. The predicted octanol–water partition coefficient (Wildman–Crippen LogP) is 2.77. The van der Waals surface area contributed by atoms with Crippen LogP contribution in [0.15, 0.2) is 40.2 Å². The molecule has 0 spiro atoms. The van der Waals surface area contributed by atoms with Crippen molar-refractivity contribution in [1.29, 1.82) is 0 Å². The van der Waals surface area contributed by atoms with Gasteiger partial charge >= 0.3 is 0 Å². The van der Waals surface area contributed by atoms with E-state index in [2.05, 4.69) is 9.89 Å². The number of aliphatic imine (C=N–C) groups is 1. The zero-order valence-electron chi connectivity index (χ0n) is 12.2. The first kappa shape index (κ1) is 14.4. The van der Waals surface area contributed by atoms with E-state index in [1.807, 2.05) is 50.3 Å². The lowest BCUT2D eigenvalue weighted by Crippen LogP contribution is -2.47. The number of carbonyl (C=O) groups excluding carboxylic acids is 1. The van der Waals surface area contributed by atoms with Crippen molar-refractivity contribution in [2.24, 2.45) is 4.99 Å². The standard InChI is InChI=1S/C16H18N2O2S/c1-11-9-18(10-12(2)20-11)16-17-15(19)14(21-16)8-13-6-4-3-5-7-13/h3-8,11-12H,9-10H2,1-2H3/b14-8-/t11-,12-/m1/s1. The summed E-state index contributed by atoms with van der Waals surface area (Å²) >= 11 is 1.46. The van der Waals surface area contributed by atoms with Crippen LogP contribution in [0.1, 0.15) is 19.4 Å². The highest BCUT2D eigenvalue weighted by Gasteiger charge is 2.30. The number of benzene rings is 1. The van der Waals surface area contributed by atoms with Gasteiger partial charge in [0.1, 0.15) is 0 Å². The molecule has 0 radical (unpaired) electrons. The molecule has 1 aromatic carbocycles. The largest absolute Gasteiger partial charge is 0.372 e. The van der Waals surface area contributed by atoms with Gasteiger partial charge in [0.2, 0.25) is 0 Å². The third-order valence-electron chi connectivity index (χ3n) is 3.40. The summed E-state index contributed by atoms with van der Waals surface area (Å²) in [6.45, 7) is 5.65. The molecule has 3 rings (SSSR count). The number of ether oxygens (including phenoxy) is 1. The Hall–Kier alpha value is -1.59. The number of rotatable bonds is 1. The lowest BCUT2D eigenvalue weighted by Gasteiger charge is -2.35. The maximum Gasteiger partial charge on any atom is 0.286 e. The minimum atomic E-state index is -0.148. The van der Waals surface area contributed by atoms with Crippen molar-refractivity contribution in [3.63, 3.8) is 0 Å². The fourth-order valence-electron chi connectivity index (χ4n) is 2.57. The van der Waals surface area contributed by atoms with E-state index in [-0.39, 0.29) is 18.1 Å². The molecular weight excluding hydrogens is 284 g/mol. The van der Waals surface area contributed by atoms with Gasteiger partial charge in [-0.3, -0.25) is 4.79 Å². The summed E-state index contributed by atoms with van der Waals surface area (Å²) in [5.74, 6) is -0.148. The Morgan fingerprint density at radius 1 is 1.24 bits per heavy atom. The van der Waals surface area contributed by atoms with Crippen LogP contribution in [0.5, 0.6) is 0 Å². The summed E-state index contributed by atoms with van der Waals surface area (Å²) in [7, 11) is 0. The monoisotopic (exact) mass is 302 g/mol. The molecule has 0 saturated carbocycles. The van der Waals surface area contributed by atoms with Crippen molar-refractivity contribution in [1.82, 2.24) is 4.90 Å². The molecule has 2 atom stereocenters. The smallest absolute Gasteiger partial charge is 0.286 e. The number of hydrogen-bond acceptors (Lipinski definition) is 4. The molecule has 0 N–H and O–H groups in total. The lowest BCUT2D eigenvalue weighted by molar-refractivity contribution is -0.113. The van der Waals surface area contributed by atoms with Crippen molar-refractivity contribution in [2.45, 2.75) is 26.1 Å². The highest BCUT2D eigenvalue weighted by molar-refractivity contribution is 8.18. The Kier molecular flexibility index (Phi) is 4.12. The number of thioether (sulfide) groups is 1. The normalized spacial score (nSPS) is 28.1. The molecule has 0 aromatic heterocycles. The molecule has 5 heteroatoms. The molecule has 110 valence electrons. The fraction of sp³-hybridized carbons (Fsp3) is 0.375. The average molecular weight is 302 g/mol. The summed E-state index contributed by atoms with van der Waals surface area (Å²) in [6.07, 6.45) is 2.22. The molecule has 4 nitrogen and oxygen atoms in total. The maximum absolute atomic E-state index is 12.1. The summed E-state index contributed by atoms with van der Waals surface area (Å²) in [5, 5.41) is 0.796. The van der Waals surface area contributed by atoms with Crippen LogP contribution < -0.4 is 0 Å². The molecule has 1 amide bonds. The fourth-order valence-corrected chi connectivity index (χ4v) is 3.50. The second kappa shape index (κ2) is 6.03. The Balaban J connectivity index is 1.74. The molecular formula is C16H18N2O2S. The van der Waals surface area contributed by atoms with Gasteiger partial charge in [0.25, 0.3) is 5.91 Å². The molecule has 1 saturated heterocycles. The Labute approximate surface area is 128 Å². The highest BCUT2D eigenvalue weighted by atomic mass is 32.2. The average Bonchev–Trinajstić information content (AvgIpc) is 2.80. The zero-order valence-corrected chi connectivity index (χ0v) is 13.0. The van der Waals surface area contributed by atoms with E-state index in [1.54, 1.807) is 0 Å². The summed E-state index contributed by atoms with van der Waals surface area (Å²) in [5.41, 5.74) is 1.02. The minimum Gasteiger partial charge on any atom is -0.372 e. The van der Waals surface area contributed by atoms with Crippen LogP contribution in [0.3, 0.4) is 0 Å². The molecule has 0 aliphatic carbocycles. The molecule has 1 aromatic rings. The molecule has 21 heavy (non-hydrogen) atoms. The molecule has 0 bridgehead atoms. The van der Waals surface area contributed by atoms with Crippen LogP contribution in [-0.4, -0.2) is 41.3 Å². The molecule has 0 unspecified atom stereocenters. The predicted molar refractivity (Wildman–Crippen MR) is 86.0 cm³/mol. The van der Waals surface area contributed by atoms with E-state index < -0.39 is 0 Å². The number of hydrogen-bond donors (Lipinski definition) is 0. The summed E-state index contributed by atoms with van der Waals surface area (Å²) in [6, 6.07) is 9.85. The van der Waals surface area contributed by atoms with E-state index >= 15 is 0 Å². The van der Waals surface area contributed by atoms with E-state index in [9.17, 15) is 4.79 Å². The van der Waals surface area contributed by atoms with E-state index in [0.29, 0.717) is 4.91 Å². The first-order chi connectivity index (χ1) is 10.1. The van der Waals surface area contributed by atoms with E-state index in [0.717, 1.165) is 23.8 Å². The molecule has 2 aliphatic heterocycles. The van der Waals surface area contributed by atoms with E-state index in [4.69, 9.17) is 4.74 Å². The van der Waals surface area contributed by atoms with Gasteiger partial charge in [0, 0.05) is 13.1 Å². The second-order valence-corrected chi connectivity index (χ2v) is 6.39. The van der Waals surface area contributed by atoms with Crippen molar-refractivity contribution in [3.8, 4) is 0 Å². The Morgan fingerprint density at radius 3 is 2.57 bits per heavy atom. The van der Waals surface area contributed by atoms with Gasteiger partial charge in [-0.1, -0.05) is 30.3 Å². The van der Waals surface area contributed by atoms with Crippen LogP contribution in [0.4, 0.5) is 0 Å². The van der Waals surface area contributed by atoms with Crippen molar-refractivity contribution >= 4 is 28.9 Å². The third kappa shape index (κ3) is 3.36. The summed E-state index contributed by atoms with van der Waals surface area (Å²) < 4.78 is 5.72. The third-order valence-corrected chi connectivity index (χ3v) is 4.44. The molecule has 2 heterocycles. The lowest BCUT2D eigenvalue weighted by atomic mass is 10.2. The van der Waals surface area contributed by atoms with Gasteiger partial charge in [-0.25, -0.2) is 0 Å². The Bertz CT molecular complexity index is 588. The van der Waals surface area contributed by atoms with E-state index in [1.165, 1.54) is 11.8 Å². The van der Waals surface area contributed by atoms with Gasteiger partial charge in [-0.2, -0.15) is 4.99 Å². The highest BCUT2D eigenvalue weighted by Crippen LogP contribution is 2.31. The first-order valence-electron chi connectivity index (χ1n) is 7.10. The number of amidine groups is 1. The number of nitrogens with zero attached hydrogens (tertiary/aromatic N) is 2. The summed E-state index contributed by atoms with van der Waals surface area (Å²) in [4.78, 5) is 19.1. The topological polar surface area (TPSA) is 41.9 Å². The maximum atomic E-state index is 12.1. The first-order valence-corrected chi connectivity index (χ1v) is 7.91. The van der Waals surface area contributed by atoms with Crippen LogP contribution in [0, 0.1) is 0 Å². The SMILES string of the molecule is C[C@@H]1CN(C2=NC(=O)/C(=C/c3ccccc3)S2)C[C@@H](C)O1. The zero-order chi connectivity index (χ0) is 14.8. The van der Waals surface area contributed by atoms with Crippen molar-refractivity contribution in [2.75, 3.05) is 13.1 Å². The van der Waals surface area contributed by atoms with Gasteiger partial charge in [0.15, 0.2) is 5.17 Å². The van der Waals surface area contributed by atoms with Crippen molar-refractivity contribution < 1.29 is 9.53 Å². The molecule has 1 fully saturated rings. The Morgan fingerprint density at radius 2 is 1.90 bits per heavy atom. The van der Waals surface area contributed by atoms with Crippen LogP contribution in [-0.2, 0) is 9.53 Å². The molecule has 2 aliphatic rings. The van der Waals surface area contributed by atoms with Gasteiger partial charge in [0.05, 0.1) is 17.1 Å². The number of carbonyl (C=O) groups is 1. The number of amides is 1. The van der Waals surface area contributed by atoms with Crippen LogP contribution in [0.2, 0.25) is 0 Å². The van der Waals surface area contributed by atoms with Crippen molar-refractivity contribution in [3.05, 3.63) is 40.8 Å². The van der Waals surface area contributed by atoms with Gasteiger partial charge in [-0.05, 0) is 37.2 Å².